The predicted octanol–water partition coefficient (Wildman–Crippen LogP) is 3.03. The minimum absolute atomic E-state index is 0.0283. The summed E-state index contributed by atoms with van der Waals surface area (Å²) in [6.45, 7) is 4.13. The van der Waals surface area contributed by atoms with E-state index >= 15 is 0 Å². The normalized spacial score (nSPS) is 15.6. The first kappa shape index (κ1) is 19.1. The first-order valence-corrected chi connectivity index (χ1v) is 10.4. The molecule has 1 aliphatic rings. The van der Waals surface area contributed by atoms with E-state index in [1.807, 2.05) is 23.1 Å². The van der Waals surface area contributed by atoms with Crippen molar-refractivity contribution in [3.63, 3.8) is 0 Å². The number of nitrogens with one attached hydrogen (secondary N) is 1. The fraction of sp³-hybridized carbons (Fsp3) is 0.238. The van der Waals surface area contributed by atoms with E-state index in [1.165, 1.54) is 27.8 Å². The Hall–Kier alpha value is -2.28. The van der Waals surface area contributed by atoms with Crippen LogP contribution in [0, 0.1) is 5.82 Å². The Morgan fingerprint density at radius 3 is 2.79 bits per heavy atom. The van der Waals surface area contributed by atoms with Crippen LogP contribution in [0.25, 0.3) is 16.3 Å². The molecule has 1 fully saturated rings. The molecular weight excluding hydrogens is 397 g/mol. The fourth-order valence-electron chi connectivity index (χ4n) is 3.32. The van der Waals surface area contributed by atoms with Gasteiger partial charge in [-0.3, -0.25) is 4.79 Å². The van der Waals surface area contributed by atoms with Crippen molar-refractivity contribution in [2.45, 2.75) is 6.54 Å². The van der Waals surface area contributed by atoms with Gasteiger partial charge in [0.2, 0.25) is 5.91 Å². The molecule has 7 heteroatoms. The first-order chi connectivity index (χ1) is 13.6. The van der Waals surface area contributed by atoms with Crippen molar-refractivity contribution in [1.82, 2.24) is 9.88 Å². The van der Waals surface area contributed by atoms with Gasteiger partial charge in [-0.2, -0.15) is 0 Å². The van der Waals surface area contributed by atoms with Crippen LogP contribution in [0.4, 0.5) is 4.39 Å². The molecule has 3 aromatic rings. The van der Waals surface area contributed by atoms with Crippen molar-refractivity contribution >= 4 is 45.1 Å². The second-order valence-corrected chi connectivity index (χ2v) is 8.36. The monoisotopic (exact) mass is 416 g/mol. The van der Waals surface area contributed by atoms with Crippen LogP contribution >= 0.6 is 22.9 Å². The summed E-state index contributed by atoms with van der Waals surface area (Å²) < 4.78 is 14.4. The molecule has 0 aliphatic carbocycles. The van der Waals surface area contributed by atoms with Gasteiger partial charge >= 0.3 is 0 Å². The summed E-state index contributed by atoms with van der Waals surface area (Å²) in [5, 5.41) is 1.20. The highest BCUT2D eigenvalue weighted by molar-refractivity contribution is 7.18. The molecule has 1 amide bonds. The number of rotatable bonds is 4. The van der Waals surface area contributed by atoms with Crippen LogP contribution in [0.15, 0.2) is 48.5 Å². The molecular formula is C21H20ClFN3OS+. The van der Waals surface area contributed by atoms with Crippen molar-refractivity contribution in [3.05, 3.63) is 70.0 Å². The molecule has 1 N–H and O–H groups in total. The molecule has 0 bridgehead atoms. The number of piperazine rings is 1. The van der Waals surface area contributed by atoms with Crippen LogP contribution < -0.4 is 4.90 Å². The molecule has 0 saturated carbocycles. The van der Waals surface area contributed by atoms with Gasteiger partial charge in [0.15, 0.2) is 0 Å². The lowest BCUT2D eigenvalue weighted by molar-refractivity contribution is -0.917. The minimum Gasteiger partial charge on any atom is -0.328 e. The molecule has 1 saturated heterocycles. The topological polar surface area (TPSA) is 37.6 Å². The number of halogens is 2. The Morgan fingerprint density at radius 1 is 1.25 bits per heavy atom. The Kier molecular flexibility index (Phi) is 5.71. The van der Waals surface area contributed by atoms with Crippen molar-refractivity contribution in [2.24, 2.45) is 0 Å². The zero-order valence-electron chi connectivity index (χ0n) is 15.2. The van der Waals surface area contributed by atoms with Crippen molar-refractivity contribution in [3.8, 4) is 0 Å². The molecule has 28 heavy (non-hydrogen) atoms. The second kappa shape index (κ2) is 8.39. The lowest BCUT2D eigenvalue weighted by atomic mass is 10.2. The minimum atomic E-state index is -0.461. The zero-order valence-corrected chi connectivity index (χ0v) is 16.8. The number of quaternary nitrogens is 1. The molecule has 144 valence electrons. The van der Waals surface area contributed by atoms with E-state index in [1.54, 1.807) is 23.5 Å². The fourth-order valence-corrected chi connectivity index (χ4v) is 4.55. The summed E-state index contributed by atoms with van der Waals surface area (Å²) >= 11 is 7.52. The molecule has 0 unspecified atom stereocenters. The lowest BCUT2D eigenvalue weighted by Crippen LogP contribution is -3.13. The molecule has 4 rings (SSSR count). The van der Waals surface area contributed by atoms with Gasteiger partial charge in [-0.15, -0.1) is 11.3 Å². The number of carbonyl (C=O) groups excluding carboxylic acids is 1. The van der Waals surface area contributed by atoms with E-state index in [-0.39, 0.29) is 10.9 Å². The van der Waals surface area contributed by atoms with E-state index < -0.39 is 5.82 Å². The Labute approximate surface area is 171 Å². The summed E-state index contributed by atoms with van der Waals surface area (Å²) in [4.78, 5) is 20.4. The van der Waals surface area contributed by atoms with Crippen LogP contribution in [0.3, 0.4) is 0 Å². The van der Waals surface area contributed by atoms with Gasteiger partial charge in [0.25, 0.3) is 0 Å². The summed E-state index contributed by atoms with van der Waals surface area (Å²) in [5.41, 5.74) is 1.77. The first-order valence-electron chi connectivity index (χ1n) is 9.18. The molecule has 0 atom stereocenters. The molecule has 2 heterocycles. The molecule has 4 nitrogen and oxygen atoms in total. The van der Waals surface area contributed by atoms with Crippen LogP contribution in [-0.2, 0) is 11.3 Å². The van der Waals surface area contributed by atoms with E-state index in [4.69, 9.17) is 16.6 Å². The van der Waals surface area contributed by atoms with E-state index in [0.717, 1.165) is 30.2 Å². The van der Waals surface area contributed by atoms with Gasteiger partial charge in [0.1, 0.15) is 17.4 Å². The van der Waals surface area contributed by atoms with E-state index in [0.29, 0.717) is 18.7 Å². The van der Waals surface area contributed by atoms with Crippen molar-refractivity contribution < 1.29 is 14.1 Å². The number of para-hydroxylation sites is 1. The highest BCUT2D eigenvalue weighted by Crippen LogP contribution is 2.21. The Bertz CT molecular complexity index is 994. The highest BCUT2D eigenvalue weighted by atomic mass is 35.5. The number of fused-ring (bicyclic) bond motifs is 1. The Balaban J connectivity index is 1.31. The van der Waals surface area contributed by atoms with Crippen LogP contribution in [-0.4, -0.2) is 42.0 Å². The number of thiazole rings is 1. The van der Waals surface area contributed by atoms with Crippen LogP contribution in [0.5, 0.6) is 0 Å². The van der Waals surface area contributed by atoms with Gasteiger partial charge in [-0.05, 0) is 35.9 Å². The van der Waals surface area contributed by atoms with Crippen LogP contribution in [0.1, 0.15) is 10.6 Å². The third-order valence-electron chi connectivity index (χ3n) is 4.88. The Morgan fingerprint density at radius 2 is 2.04 bits per heavy atom. The molecule has 2 aromatic carbocycles. The lowest BCUT2D eigenvalue weighted by Gasteiger charge is -2.31. The summed E-state index contributed by atoms with van der Waals surface area (Å²) in [5.74, 6) is -0.489. The third kappa shape index (κ3) is 4.41. The number of aromatic nitrogens is 1. The zero-order chi connectivity index (χ0) is 19.5. The third-order valence-corrected chi connectivity index (χ3v) is 6.21. The van der Waals surface area contributed by atoms with E-state index in [2.05, 4.69) is 6.07 Å². The van der Waals surface area contributed by atoms with Gasteiger partial charge in [-0.25, -0.2) is 9.37 Å². The maximum absolute atomic E-state index is 13.2. The largest absolute Gasteiger partial charge is 0.328 e. The van der Waals surface area contributed by atoms with Crippen molar-refractivity contribution in [1.29, 1.82) is 0 Å². The predicted molar refractivity (Wildman–Crippen MR) is 111 cm³/mol. The SMILES string of the molecule is O=C(/C=C/c1ccc(F)c(Cl)c1)N1CC[NH+](Cc2nc3ccccc3s2)CC1. The summed E-state index contributed by atoms with van der Waals surface area (Å²) in [7, 11) is 0. The van der Waals surface area contributed by atoms with Crippen LogP contribution in [0.2, 0.25) is 5.02 Å². The summed E-state index contributed by atoms with van der Waals surface area (Å²) in [6.07, 6.45) is 3.20. The standard InChI is InChI=1S/C21H19ClFN3OS/c22-16-13-15(5-7-17(16)23)6-8-21(27)26-11-9-25(10-12-26)14-20-24-18-3-1-2-4-19(18)28-20/h1-8,13H,9-12,14H2/p+1/b8-6+. The maximum Gasteiger partial charge on any atom is 0.246 e. The quantitative estimate of drug-likeness (QED) is 0.664. The number of nitrogens with zero attached hydrogens (tertiary/aromatic N) is 2. The van der Waals surface area contributed by atoms with Gasteiger partial charge < -0.3 is 9.80 Å². The van der Waals surface area contributed by atoms with Gasteiger partial charge in [0, 0.05) is 6.08 Å². The maximum atomic E-state index is 13.2. The molecule has 1 aromatic heterocycles. The number of amides is 1. The summed E-state index contributed by atoms with van der Waals surface area (Å²) in [6, 6.07) is 12.6. The van der Waals surface area contributed by atoms with Gasteiger partial charge in [-0.1, -0.05) is 29.8 Å². The second-order valence-electron chi connectivity index (χ2n) is 6.83. The number of hydrogen-bond donors (Lipinski definition) is 1. The number of benzene rings is 2. The molecule has 1 aliphatic heterocycles. The van der Waals surface area contributed by atoms with E-state index in [9.17, 15) is 9.18 Å². The molecule has 0 spiro atoms. The average Bonchev–Trinajstić information content (AvgIpc) is 3.11. The smallest absolute Gasteiger partial charge is 0.246 e. The average molecular weight is 417 g/mol. The van der Waals surface area contributed by atoms with Gasteiger partial charge in [0.05, 0.1) is 41.4 Å². The number of carbonyl (C=O) groups is 1. The number of hydrogen-bond acceptors (Lipinski definition) is 3. The van der Waals surface area contributed by atoms with Crippen molar-refractivity contribution in [2.75, 3.05) is 26.2 Å². The highest BCUT2D eigenvalue weighted by Gasteiger charge is 2.23. The molecule has 0 radical (unpaired) electrons.